The molecule has 3 aromatic heterocycles. The van der Waals surface area contributed by atoms with Gasteiger partial charge in [-0.1, -0.05) is 24.3 Å². The summed E-state index contributed by atoms with van der Waals surface area (Å²) < 4.78 is 6.83. The SMILES string of the molecule is COc1ccc(-c2c(C#N)c(N)nc3c2c(=O)n2c(=O)c4ccccc4c(=O)n32)cc1. The molecule has 0 spiro atoms. The smallest absolute Gasteiger partial charge is 0.284 e. The van der Waals surface area contributed by atoms with E-state index in [2.05, 4.69) is 4.98 Å². The van der Waals surface area contributed by atoms with E-state index in [1.807, 2.05) is 6.07 Å². The molecule has 0 aliphatic heterocycles. The Balaban J connectivity index is 2.09. The summed E-state index contributed by atoms with van der Waals surface area (Å²) in [5.41, 5.74) is 4.64. The molecule has 0 unspecified atom stereocenters. The predicted octanol–water partition coefficient (Wildman–Crippen LogP) is 1.39. The lowest BCUT2D eigenvalue weighted by molar-refractivity contribution is 0.415. The molecule has 9 nitrogen and oxygen atoms in total. The van der Waals surface area contributed by atoms with Crippen LogP contribution in [0.4, 0.5) is 5.82 Å². The molecule has 150 valence electrons. The Morgan fingerprint density at radius 2 is 1.55 bits per heavy atom. The normalized spacial score (nSPS) is 11.2. The van der Waals surface area contributed by atoms with Gasteiger partial charge < -0.3 is 10.5 Å². The molecule has 0 aliphatic carbocycles. The molecule has 0 radical (unpaired) electrons. The third kappa shape index (κ3) is 2.36. The van der Waals surface area contributed by atoms with Crippen LogP contribution in [0, 0.1) is 11.3 Å². The van der Waals surface area contributed by atoms with Crippen molar-refractivity contribution in [3.05, 3.63) is 85.2 Å². The van der Waals surface area contributed by atoms with Crippen molar-refractivity contribution in [1.82, 2.24) is 14.0 Å². The average molecular weight is 411 g/mol. The first-order chi connectivity index (χ1) is 15.0. The average Bonchev–Trinajstić information content (AvgIpc) is 3.08. The van der Waals surface area contributed by atoms with Gasteiger partial charge in [-0.15, -0.1) is 0 Å². The maximum atomic E-state index is 13.4. The summed E-state index contributed by atoms with van der Waals surface area (Å²) in [4.78, 5) is 43.8. The molecule has 5 rings (SSSR count). The van der Waals surface area contributed by atoms with Crippen molar-refractivity contribution in [1.29, 1.82) is 5.26 Å². The van der Waals surface area contributed by atoms with E-state index in [0.717, 1.165) is 9.03 Å². The second kappa shape index (κ2) is 6.40. The van der Waals surface area contributed by atoms with Crippen LogP contribution in [-0.2, 0) is 0 Å². The molecule has 2 aromatic carbocycles. The molecule has 9 heteroatoms. The van der Waals surface area contributed by atoms with Crippen LogP contribution in [0.25, 0.3) is 32.9 Å². The zero-order chi connectivity index (χ0) is 21.9. The van der Waals surface area contributed by atoms with E-state index in [-0.39, 0.29) is 38.8 Å². The van der Waals surface area contributed by atoms with Gasteiger partial charge in [0, 0.05) is 5.56 Å². The Hall–Kier alpha value is -4.71. The largest absolute Gasteiger partial charge is 0.497 e. The molecular formula is C22H13N5O4. The van der Waals surface area contributed by atoms with Gasteiger partial charge in [0.05, 0.1) is 23.3 Å². The molecule has 0 amide bonds. The Bertz CT molecular complexity index is 1740. The highest BCUT2D eigenvalue weighted by Crippen LogP contribution is 2.33. The van der Waals surface area contributed by atoms with Crippen LogP contribution in [0.15, 0.2) is 62.9 Å². The zero-order valence-electron chi connectivity index (χ0n) is 16.1. The maximum absolute atomic E-state index is 13.4. The van der Waals surface area contributed by atoms with Crippen LogP contribution in [0.5, 0.6) is 5.75 Å². The first-order valence-electron chi connectivity index (χ1n) is 9.18. The van der Waals surface area contributed by atoms with Crippen LogP contribution in [0.2, 0.25) is 0 Å². The Labute approximate surface area is 173 Å². The van der Waals surface area contributed by atoms with Crippen molar-refractivity contribution in [2.75, 3.05) is 12.8 Å². The number of hydrogen-bond donors (Lipinski definition) is 1. The summed E-state index contributed by atoms with van der Waals surface area (Å²) in [6.07, 6.45) is 0. The van der Waals surface area contributed by atoms with Gasteiger partial charge in [0.15, 0.2) is 5.65 Å². The van der Waals surface area contributed by atoms with Gasteiger partial charge in [0.1, 0.15) is 23.2 Å². The van der Waals surface area contributed by atoms with Crippen LogP contribution in [-0.4, -0.2) is 21.1 Å². The van der Waals surface area contributed by atoms with Crippen LogP contribution in [0.1, 0.15) is 5.56 Å². The summed E-state index contributed by atoms with van der Waals surface area (Å²) >= 11 is 0. The molecule has 0 aliphatic rings. The number of anilines is 1. The number of methoxy groups -OCH3 is 1. The summed E-state index contributed by atoms with van der Waals surface area (Å²) in [6, 6.07) is 14.9. The van der Waals surface area contributed by atoms with E-state index in [0.29, 0.717) is 11.3 Å². The van der Waals surface area contributed by atoms with Crippen molar-refractivity contribution in [3.8, 4) is 22.9 Å². The van der Waals surface area contributed by atoms with E-state index < -0.39 is 16.7 Å². The third-order valence-corrected chi connectivity index (χ3v) is 5.28. The van der Waals surface area contributed by atoms with Gasteiger partial charge >= 0.3 is 0 Å². The van der Waals surface area contributed by atoms with E-state index >= 15 is 0 Å². The van der Waals surface area contributed by atoms with E-state index in [9.17, 15) is 19.6 Å². The van der Waals surface area contributed by atoms with Crippen LogP contribution >= 0.6 is 0 Å². The van der Waals surface area contributed by atoms with Gasteiger partial charge in [0.25, 0.3) is 16.7 Å². The zero-order valence-corrected chi connectivity index (χ0v) is 16.1. The number of nitriles is 1. The highest BCUT2D eigenvalue weighted by Gasteiger charge is 2.25. The van der Waals surface area contributed by atoms with Gasteiger partial charge in [-0.05, 0) is 29.8 Å². The predicted molar refractivity (Wildman–Crippen MR) is 115 cm³/mol. The number of benzene rings is 2. The Morgan fingerprint density at radius 3 is 2.13 bits per heavy atom. The summed E-state index contributed by atoms with van der Waals surface area (Å²) in [6.45, 7) is 0. The molecule has 5 aromatic rings. The second-order valence-electron chi connectivity index (χ2n) is 6.87. The summed E-state index contributed by atoms with van der Waals surface area (Å²) in [7, 11) is 1.52. The topological polar surface area (TPSA) is 132 Å². The van der Waals surface area contributed by atoms with Crippen LogP contribution in [0.3, 0.4) is 0 Å². The van der Waals surface area contributed by atoms with E-state index in [4.69, 9.17) is 10.5 Å². The highest BCUT2D eigenvalue weighted by atomic mass is 16.5. The molecule has 0 saturated heterocycles. The van der Waals surface area contributed by atoms with Crippen molar-refractivity contribution in [2.24, 2.45) is 0 Å². The van der Waals surface area contributed by atoms with Gasteiger partial charge in [-0.25, -0.2) is 4.98 Å². The summed E-state index contributed by atoms with van der Waals surface area (Å²) in [5.74, 6) is 0.426. The second-order valence-corrected chi connectivity index (χ2v) is 6.87. The molecule has 3 heterocycles. The standard InChI is InChI=1S/C22H13N5O4/c1-31-12-8-6-11(7-9-12)16-15(10-23)18(24)25-19-17(16)22(30)27-21(29)14-5-3-2-4-13(14)20(28)26(19)27/h2-9H,1H3,(H2,24,25). The van der Waals surface area contributed by atoms with Gasteiger partial charge in [-0.2, -0.15) is 14.3 Å². The van der Waals surface area contributed by atoms with Crippen molar-refractivity contribution in [2.45, 2.75) is 0 Å². The monoisotopic (exact) mass is 411 g/mol. The van der Waals surface area contributed by atoms with Gasteiger partial charge in [-0.3, -0.25) is 14.4 Å². The minimum atomic E-state index is -0.752. The lowest BCUT2D eigenvalue weighted by Crippen LogP contribution is -2.33. The molecule has 2 N–H and O–H groups in total. The number of rotatable bonds is 2. The lowest BCUT2D eigenvalue weighted by atomic mass is 9.98. The van der Waals surface area contributed by atoms with Gasteiger partial charge in [0.2, 0.25) is 0 Å². The number of fused-ring (bicyclic) bond motifs is 4. The fraction of sp³-hybridized carbons (Fsp3) is 0.0455. The van der Waals surface area contributed by atoms with E-state index in [1.165, 1.54) is 19.2 Å². The first kappa shape index (κ1) is 18.3. The van der Waals surface area contributed by atoms with Crippen LogP contribution < -0.4 is 27.1 Å². The number of nitrogens with two attached hydrogens (primary N) is 1. The lowest BCUT2D eigenvalue weighted by Gasteiger charge is -2.08. The number of ether oxygens (including phenoxy) is 1. The molecule has 0 bridgehead atoms. The molecule has 0 fully saturated rings. The van der Waals surface area contributed by atoms with Crippen molar-refractivity contribution in [3.63, 3.8) is 0 Å². The quantitative estimate of drug-likeness (QED) is 0.464. The number of nitrogen functional groups attached to an aromatic ring is 1. The number of aromatic nitrogens is 3. The molecular weight excluding hydrogens is 398 g/mol. The minimum Gasteiger partial charge on any atom is -0.497 e. The number of nitrogens with zero attached hydrogens (tertiary/aromatic N) is 4. The van der Waals surface area contributed by atoms with Crippen molar-refractivity contribution < 1.29 is 4.74 Å². The minimum absolute atomic E-state index is 0.0178. The fourth-order valence-electron chi connectivity index (χ4n) is 3.85. The molecule has 0 atom stereocenters. The van der Waals surface area contributed by atoms with E-state index in [1.54, 1.807) is 36.4 Å². The molecule has 0 saturated carbocycles. The number of pyridine rings is 1. The van der Waals surface area contributed by atoms with Crippen molar-refractivity contribution >= 4 is 27.6 Å². The Morgan fingerprint density at radius 1 is 0.935 bits per heavy atom. The first-order valence-corrected chi connectivity index (χ1v) is 9.18. The fourth-order valence-corrected chi connectivity index (χ4v) is 3.85. The third-order valence-electron chi connectivity index (χ3n) is 5.28. The maximum Gasteiger partial charge on any atom is 0.284 e. The highest BCUT2D eigenvalue weighted by molar-refractivity contribution is 5.98. The number of hydrogen-bond acceptors (Lipinski definition) is 7. The molecule has 31 heavy (non-hydrogen) atoms. The Kier molecular flexibility index (Phi) is 3.78. The summed E-state index contributed by atoms with van der Waals surface area (Å²) in [5, 5.41) is 9.95.